The Balaban J connectivity index is 1.20. The molecule has 8 N–H and O–H groups in total. The second kappa shape index (κ2) is 11.7. The molecule has 4 saturated carbocycles. The summed E-state index contributed by atoms with van der Waals surface area (Å²) in [5.41, 5.74) is -1.20. The summed E-state index contributed by atoms with van der Waals surface area (Å²) in [7, 11) is 0. The molecule has 5 unspecified atom stereocenters. The van der Waals surface area contributed by atoms with Crippen molar-refractivity contribution in [2.24, 2.45) is 28.1 Å². The zero-order chi connectivity index (χ0) is 32.7. The standard InChI is InChI=1S/C32H50O13/c1-15-11-31-9-5-18-29(2,7-4-8-30(18,3)28(41)44-26-24(39)22(37)20(35)16(12-33)42-26)19(31)6-10-32(15,14-31)45-27-25(40)23(38)21(36)17(13-34)43-27/h16-27,33-40H,1,4-14H2,2-3H3/t16?,17-,18+,19+,20-,21?,22?,23?,24?,25-,26+,27+,29-,30-,31-,32+/m1/s1. The fraction of sp³-hybridized carbons (Fsp3) is 0.906. The third-order valence-electron chi connectivity index (χ3n) is 12.9. The Kier molecular flexibility index (Phi) is 8.77. The molecule has 45 heavy (non-hydrogen) atoms. The van der Waals surface area contributed by atoms with E-state index in [-0.39, 0.29) is 22.7 Å². The molecule has 13 heteroatoms. The Labute approximate surface area is 262 Å². The average molecular weight is 643 g/mol. The second-order valence-corrected chi connectivity index (χ2v) is 15.2. The lowest BCUT2D eigenvalue weighted by Gasteiger charge is -2.64. The molecule has 0 aromatic rings. The maximum atomic E-state index is 13.9. The smallest absolute Gasteiger partial charge is 0.314 e. The van der Waals surface area contributed by atoms with E-state index in [0.717, 1.165) is 37.7 Å². The summed E-state index contributed by atoms with van der Waals surface area (Å²) in [4.78, 5) is 13.9. The number of esters is 1. The third-order valence-corrected chi connectivity index (χ3v) is 12.9. The minimum atomic E-state index is -1.67. The Morgan fingerprint density at radius 1 is 0.800 bits per heavy atom. The zero-order valence-corrected chi connectivity index (χ0v) is 26.0. The van der Waals surface area contributed by atoms with Gasteiger partial charge >= 0.3 is 5.97 Å². The van der Waals surface area contributed by atoms with Crippen molar-refractivity contribution < 1.29 is 64.6 Å². The molecular formula is C32H50O13. The van der Waals surface area contributed by atoms with Gasteiger partial charge in [-0.15, -0.1) is 0 Å². The molecule has 16 atom stereocenters. The number of hydrogen-bond acceptors (Lipinski definition) is 13. The van der Waals surface area contributed by atoms with Gasteiger partial charge in [0.25, 0.3) is 0 Å². The maximum absolute atomic E-state index is 13.9. The van der Waals surface area contributed by atoms with Gasteiger partial charge in [-0.05, 0) is 86.5 Å². The second-order valence-electron chi connectivity index (χ2n) is 15.2. The third kappa shape index (κ3) is 5.04. The first-order valence-electron chi connectivity index (χ1n) is 16.3. The fourth-order valence-corrected chi connectivity index (χ4v) is 10.5. The van der Waals surface area contributed by atoms with Gasteiger partial charge < -0.3 is 59.8 Å². The van der Waals surface area contributed by atoms with Crippen molar-refractivity contribution in [2.45, 2.75) is 139 Å². The van der Waals surface area contributed by atoms with E-state index in [1.54, 1.807) is 0 Å². The molecule has 0 radical (unpaired) electrons. The number of rotatable bonds is 6. The summed E-state index contributed by atoms with van der Waals surface area (Å²) in [6.45, 7) is 7.41. The Hall–Kier alpha value is -1.23. The molecule has 0 aromatic heterocycles. The summed E-state index contributed by atoms with van der Waals surface area (Å²) in [6.07, 6.45) is -7.82. The zero-order valence-electron chi connectivity index (χ0n) is 26.0. The van der Waals surface area contributed by atoms with Crippen LogP contribution in [-0.2, 0) is 23.7 Å². The molecule has 13 nitrogen and oxygen atoms in total. The van der Waals surface area contributed by atoms with Crippen molar-refractivity contribution in [3.05, 3.63) is 12.2 Å². The van der Waals surface area contributed by atoms with Crippen LogP contribution in [0.2, 0.25) is 0 Å². The van der Waals surface area contributed by atoms with Gasteiger partial charge in [0.2, 0.25) is 6.29 Å². The van der Waals surface area contributed by atoms with E-state index in [2.05, 4.69) is 13.5 Å². The Morgan fingerprint density at radius 2 is 1.38 bits per heavy atom. The van der Waals surface area contributed by atoms with Crippen LogP contribution in [0.3, 0.4) is 0 Å². The molecule has 1 spiro atoms. The van der Waals surface area contributed by atoms with Crippen LogP contribution in [0.4, 0.5) is 0 Å². The molecule has 2 saturated heterocycles. The number of ether oxygens (including phenoxy) is 4. The predicted octanol–water partition coefficient (Wildman–Crippen LogP) is -0.762. The number of aliphatic hydroxyl groups excluding tert-OH is 8. The lowest BCUT2D eigenvalue weighted by molar-refractivity contribution is -0.327. The summed E-state index contributed by atoms with van der Waals surface area (Å²) in [5, 5.41) is 81.4. The summed E-state index contributed by atoms with van der Waals surface area (Å²) >= 11 is 0. The van der Waals surface area contributed by atoms with Crippen molar-refractivity contribution in [3.63, 3.8) is 0 Å². The van der Waals surface area contributed by atoms with Crippen LogP contribution in [0.15, 0.2) is 12.2 Å². The number of aliphatic hydroxyl groups is 8. The minimum Gasteiger partial charge on any atom is -0.432 e. The molecule has 6 rings (SSSR count). The number of hydrogen-bond donors (Lipinski definition) is 8. The van der Waals surface area contributed by atoms with Crippen molar-refractivity contribution in [1.82, 2.24) is 0 Å². The van der Waals surface area contributed by atoms with Gasteiger partial charge in [0.1, 0.15) is 48.8 Å². The summed E-state index contributed by atoms with van der Waals surface area (Å²) in [5.74, 6) is -0.348. The molecule has 6 fully saturated rings. The van der Waals surface area contributed by atoms with Crippen LogP contribution >= 0.6 is 0 Å². The molecule has 4 aliphatic carbocycles. The normalized spacial score (nSPS) is 54.7. The molecule has 256 valence electrons. The number of fused-ring (bicyclic) bond motifs is 3. The van der Waals surface area contributed by atoms with Crippen molar-refractivity contribution in [2.75, 3.05) is 13.2 Å². The van der Waals surface area contributed by atoms with E-state index in [4.69, 9.17) is 18.9 Å². The van der Waals surface area contributed by atoms with E-state index < -0.39 is 91.6 Å². The van der Waals surface area contributed by atoms with Crippen LogP contribution in [-0.4, -0.2) is 127 Å². The van der Waals surface area contributed by atoms with Gasteiger partial charge in [-0.25, -0.2) is 0 Å². The topological polar surface area (TPSA) is 216 Å². The highest BCUT2D eigenvalue weighted by Gasteiger charge is 2.69. The highest BCUT2D eigenvalue weighted by atomic mass is 16.7. The van der Waals surface area contributed by atoms with Crippen molar-refractivity contribution in [3.8, 4) is 0 Å². The molecule has 2 heterocycles. The van der Waals surface area contributed by atoms with Crippen LogP contribution in [0, 0.1) is 28.1 Å². The van der Waals surface area contributed by atoms with Crippen LogP contribution < -0.4 is 0 Å². The SMILES string of the molecule is C=C1C[C@@]23CC[C@H]4[C@@](C)(CCC[C@@]4(C)C(=O)O[C@@H]4OC(CO)[C@@H](O)C(O)C4O)[C@@H]2CC[C@]1(O[C@@H]1O[C@H](CO)C(O)C(O)[C@H]1O)C3. The van der Waals surface area contributed by atoms with Gasteiger partial charge in [0.15, 0.2) is 6.29 Å². The summed E-state index contributed by atoms with van der Waals surface area (Å²) < 4.78 is 23.4. The van der Waals surface area contributed by atoms with E-state index in [0.29, 0.717) is 25.7 Å². The lowest BCUT2D eigenvalue weighted by Crippen LogP contribution is -2.63. The summed E-state index contributed by atoms with van der Waals surface area (Å²) in [6, 6.07) is 0. The Bertz CT molecular complexity index is 1150. The van der Waals surface area contributed by atoms with Crippen LogP contribution in [0.25, 0.3) is 0 Å². The van der Waals surface area contributed by atoms with Gasteiger partial charge in [-0.2, -0.15) is 0 Å². The van der Waals surface area contributed by atoms with Crippen LogP contribution in [0.1, 0.15) is 71.6 Å². The monoisotopic (exact) mass is 642 g/mol. The van der Waals surface area contributed by atoms with Crippen LogP contribution in [0.5, 0.6) is 0 Å². The molecular weight excluding hydrogens is 592 g/mol. The number of carbonyl (C=O) groups excluding carboxylic acids is 1. The van der Waals surface area contributed by atoms with E-state index >= 15 is 0 Å². The predicted molar refractivity (Wildman–Crippen MR) is 154 cm³/mol. The first kappa shape index (κ1) is 33.7. The molecule has 0 aromatic carbocycles. The van der Waals surface area contributed by atoms with Gasteiger partial charge in [-0.1, -0.05) is 19.9 Å². The van der Waals surface area contributed by atoms with Gasteiger partial charge in [-0.3, -0.25) is 4.79 Å². The highest BCUT2D eigenvalue weighted by molar-refractivity contribution is 5.77. The van der Waals surface area contributed by atoms with Crippen molar-refractivity contribution >= 4 is 5.97 Å². The number of carbonyl (C=O) groups is 1. The molecule has 0 amide bonds. The first-order valence-corrected chi connectivity index (χ1v) is 16.3. The minimum absolute atomic E-state index is 0.0421. The maximum Gasteiger partial charge on any atom is 0.314 e. The van der Waals surface area contributed by atoms with E-state index in [1.165, 1.54) is 0 Å². The molecule has 6 aliphatic rings. The quantitative estimate of drug-likeness (QED) is 0.102. The van der Waals surface area contributed by atoms with Gasteiger partial charge in [0, 0.05) is 0 Å². The van der Waals surface area contributed by atoms with E-state index in [9.17, 15) is 45.6 Å². The van der Waals surface area contributed by atoms with E-state index in [1.807, 2.05) is 6.92 Å². The van der Waals surface area contributed by atoms with Crippen molar-refractivity contribution in [1.29, 1.82) is 0 Å². The Morgan fingerprint density at radius 3 is 2.00 bits per heavy atom. The average Bonchev–Trinajstić information content (AvgIpc) is 3.20. The highest BCUT2D eigenvalue weighted by Crippen LogP contribution is 2.73. The first-order chi connectivity index (χ1) is 21.2. The largest absolute Gasteiger partial charge is 0.432 e. The molecule has 2 bridgehead atoms. The van der Waals surface area contributed by atoms with Gasteiger partial charge in [0.05, 0.1) is 24.2 Å². The lowest BCUT2D eigenvalue weighted by atomic mass is 9.41. The molecule has 2 aliphatic heterocycles. The fourth-order valence-electron chi connectivity index (χ4n) is 10.5.